The molecule has 7 nitrogen and oxygen atoms in total. The Morgan fingerprint density at radius 1 is 1.12 bits per heavy atom. The molecule has 43 heavy (non-hydrogen) atoms. The average molecular weight is 595 g/mol. The van der Waals surface area contributed by atoms with Crippen molar-refractivity contribution in [2.75, 3.05) is 25.6 Å². The summed E-state index contributed by atoms with van der Waals surface area (Å²) >= 11 is 0. The van der Waals surface area contributed by atoms with Gasteiger partial charge in [0, 0.05) is 38.1 Å². The summed E-state index contributed by atoms with van der Waals surface area (Å²) in [6.45, 7) is 7.94. The number of hydrogen-bond donors (Lipinski definition) is 2. The minimum absolute atomic E-state index is 0.0575. The molecule has 1 aliphatic heterocycles. The SMILES string of the molecule is CNc1cnccc1C1CC(N)CC(C(C)C)C1.Cc1cc(COC2CCOCC2)cc(F)c1-c1nc(C=O)ccc1F. The van der Waals surface area contributed by atoms with Crippen LogP contribution < -0.4 is 11.1 Å². The number of nitrogens with one attached hydrogen (secondary N) is 1. The zero-order chi connectivity index (χ0) is 30.9. The van der Waals surface area contributed by atoms with Crippen molar-refractivity contribution >= 4 is 12.0 Å². The number of ether oxygens (including phenoxy) is 2. The van der Waals surface area contributed by atoms with Gasteiger partial charge in [-0.3, -0.25) is 9.78 Å². The largest absolute Gasteiger partial charge is 0.387 e. The molecule has 1 aliphatic carbocycles. The van der Waals surface area contributed by atoms with Crippen LogP contribution in [0.2, 0.25) is 0 Å². The molecule has 3 heterocycles. The van der Waals surface area contributed by atoms with Crippen LogP contribution in [0.15, 0.2) is 42.7 Å². The van der Waals surface area contributed by atoms with E-state index in [2.05, 4.69) is 35.2 Å². The Hall–Kier alpha value is -3.27. The number of pyridine rings is 2. The molecule has 3 atom stereocenters. The molecule has 3 N–H and O–H groups in total. The molecule has 5 rings (SSSR count). The molecule has 3 aromatic rings. The van der Waals surface area contributed by atoms with Crippen molar-refractivity contribution in [3.05, 3.63) is 76.7 Å². The second-order valence-corrected chi connectivity index (χ2v) is 12.0. The first-order chi connectivity index (χ1) is 20.7. The van der Waals surface area contributed by atoms with Gasteiger partial charge in [-0.1, -0.05) is 19.9 Å². The normalized spacial score (nSPS) is 20.8. The van der Waals surface area contributed by atoms with E-state index < -0.39 is 11.6 Å². The van der Waals surface area contributed by atoms with Crippen molar-refractivity contribution in [2.45, 2.75) is 77.5 Å². The molecule has 1 saturated heterocycles. The standard InChI is InChI=1S/C19H19F2NO3.C15H25N3/c1-12-8-13(11-25-15-4-6-24-7-5-15)9-17(21)18(12)19-16(20)3-2-14(10-23)22-19;1-10(2)11-6-12(8-13(16)7-11)14-4-5-18-9-15(14)17-3/h2-3,8-10,15H,4-7,11H2,1H3;4-5,9-13,17H,6-8,16H2,1-3H3. The van der Waals surface area contributed by atoms with Gasteiger partial charge < -0.3 is 20.5 Å². The van der Waals surface area contributed by atoms with Crippen LogP contribution >= 0.6 is 0 Å². The summed E-state index contributed by atoms with van der Waals surface area (Å²) in [5.74, 6) is 0.792. The number of aryl methyl sites for hydroxylation is 1. The van der Waals surface area contributed by atoms with E-state index in [0.29, 0.717) is 42.6 Å². The topological polar surface area (TPSA) is 99.4 Å². The number of carbonyl (C=O) groups is 1. The number of aldehydes is 1. The van der Waals surface area contributed by atoms with E-state index >= 15 is 0 Å². The fourth-order valence-corrected chi connectivity index (χ4v) is 6.13. The number of nitrogens with two attached hydrogens (primary N) is 1. The Kier molecular flexibility index (Phi) is 11.7. The van der Waals surface area contributed by atoms with Crippen molar-refractivity contribution in [1.29, 1.82) is 0 Å². The van der Waals surface area contributed by atoms with Crippen LogP contribution in [-0.2, 0) is 16.1 Å². The van der Waals surface area contributed by atoms with Crippen LogP contribution in [-0.4, -0.2) is 48.7 Å². The highest BCUT2D eigenvalue weighted by atomic mass is 19.1. The van der Waals surface area contributed by atoms with Gasteiger partial charge in [0.25, 0.3) is 0 Å². The molecule has 1 saturated carbocycles. The number of anilines is 1. The van der Waals surface area contributed by atoms with Gasteiger partial charge in [-0.25, -0.2) is 13.8 Å². The summed E-state index contributed by atoms with van der Waals surface area (Å²) < 4.78 is 39.7. The third-order valence-electron chi connectivity index (χ3n) is 8.51. The van der Waals surface area contributed by atoms with Crippen molar-refractivity contribution in [3.8, 4) is 11.3 Å². The number of nitrogens with zero attached hydrogens (tertiary/aromatic N) is 2. The molecule has 0 bridgehead atoms. The first-order valence-electron chi connectivity index (χ1n) is 15.2. The number of halogens is 2. The van der Waals surface area contributed by atoms with Gasteiger partial charge in [-0.2, -0.15) is 0 Å². The first-order valence-corrected chi connectivity index (χ1v) is 15.2. The molecule has 2 aliphatic rings. The number of carbonyl (C=O) groups excluding carboxylic acids is 1. The molecule has 0 radical (unpaired) electrons. The van der Waals surface area contributed by atoms with Crippen LogP contribution in [0.3, 0.4) is 0 Å². The molecule has 2 fully saturated rings. The molecule has 232 valence electrons. The van der Waals surface area contributed by atoms with E-state index in [1.165, 1.54) is 30.5 Å². The summed E-state index contributed by atoms with van der Waals surface area (Å²) in [7, 11) is 1.96. The van der Waals surface area contributed by atoms with E-state index in [-0.39, 0.29) is 29.7 Å². The predicted molar refractivity (Wildman–Crippen MR) is 165 cm³/mol. The molecular weight excluding hydrogens is 550 g/mol. The van der Waals surface area contributed by atoms with E-state index in [1.807, 2.05) is 19.4 Å². The smallest absolute Gasteiger partial charge is 0.168 e. The van der Waals surface area contributed by atoms with Crippen LogP contribution in [0.25, 0.3) is 11.3 Å². The number of benzene rings is 1. The van der Waals surface area contributed by atoms with Crippen molar-refractivity contribution in [2.24, 2.45) is 17.6 Å². The number of rotatable bonds is 8. The van der Waals surface area contributed by atoms with Gasteiger partial charge in [-0.15, -0.1) is 0 Å². The Balaban J connectivity index is 0.000000208. The monoisotopic (exact) mass is 594 g/mol. The molecule has 9 heteroatoms. The lowest BCUT2D eigenvalue weighted by atomic mass is 9.72. The quantitative estimate of drug-likeness (QED) is 0.276. The van der Waals surface area contributed by atoms with Gasteiger partial charge in [0.2, 0.25) is 0 Å². The van der Waals surface area contributed by atoms with Crippen molar-refractivity contribution in [1.82, 2.24) is 9.97 Å². The van der Waals surface area contributed by atoms with E-state index in [1.54, 1.807) is 13.0 Å². The molecule has 0 spiro atoms. The minimum atomic E-state index is -0.668. The fourth-order valence-electron chi connectivity index (χ4n) is 6.13. The summed E-state index contributed by atoms with van der Waals surface area (Å²) in [6, 6.07) is 7.95. The Morgan fingerprint density at radius 2 is 1.88 bits per heavy atom. The molecule has 1 aromatic carbocycles. The van der Waals surface area contributed by atoms with Crippen molar-refractivity contribution in [3.63, 3.8) is 0 Å². The summed E-state index contributed by atoms with van der Waals surface area (Å²) in [5, 5.41) is 3.25. The lowest BCUT2D eigenvalue weighted by molar-refractivity contribution is -0.0391. The van der Waals surface area contributed by atoms with Gasteiger partial charge in [0.1, 0.15) is 23.0 Å². The second kappa shape index (κ2) is 15.5. The van der Waals surface area contributed by atoms with Gasteiger partial charge in [0.05, 0.1) is 24.6 Å². The Bertz CT molecular complexity index is 1340. The first kappa shape index (κ1) is 32.6. The highest BCUT2D eigenvalue weighted by Crippen LogP contribution is 2.40. The molecule has 2 aromatic heterocycles. The van der Waals surface area contributed by atoms with Crippen LogP contribution in [0.4, 0.5) is 14.5 Å². The lowest BCUT2D eigenvalue weighted by Gasteiger charge is -2.36. The maximum Gasteiger partial charge on any atom is 0.168 e. The Labute approximate surface area is 253 Å². The minimum Gasteiger partial charge on any atom is -0.387 e. The highest BCUT2D eigenvalue weighted by molar-refractivity contribution is 5.75. The van der Waals surface area contributed by atoms with E-state index in [4.69, 9.17) is 15.2 Å². The molecule has 0 amide bonds. The van der Waals surface area contributed by atoms with Gasteiger partial charge in [-0.05, 0) is 97.7 Å². The fraction of sp³-hybridized carbons (Fsp3) is 0.500. The molecular formula is C34H44F2N4O3. The summed E-state index contributed by atoms with van der Waals surface area (Å²) in [4.78, 5) is 19.0. The predicted octanol–water partition coefficient (Wildman–Crippen LogP) is 6.83. The van der Waals surface area contributed by atoms with Gasteiger partial charge in [0.15, 0.2) is 6.29 Å². The second-order valence-electron chi connectivity index (χ2n) is 12.0. The molecule has 3 unspecified atom stereocenters. The Morgan fingerprint density at radius 3 is 2.56 bits per heavy atom. The van der Waals surface area contributed by atoms with Gasteiger partial charge >= 0.3 is 0 Å². The number of hydrogen-bond acceptors (Lipinski definition) is 7. The average Bonchev–Trinajstić information content (AvgIpc) is 3.01. The zero-order valence-electron chi connectivity index (χ0n) is 25.6. The third-order valence-corrected chi connectivity index (χ3v) is 8.51. The lowest BCUT2D eigenvalue weighted by Crippen LogP contribution is -2.34. The van der Waals surface area contributed by atoms with Crippen molar-refractivity contribution < 1.29 is 23.0 Å². The number of aromatic nitrogens is 2. The third kappa shape index (κ3) is 8.65. The summed E-state index contributed by atoms with van der Waals surface area (Å²) in [5.41, 5.74) is 9.97. The van der Waals surface area contributed by atoms with Crippen LogP contribution in [0.5, 0.6) is 0 Å². The maximum absolute atomic E-state index is 14.6. The van der Waals surface area contributed by atoms with Crippen LogP contribution in [0, 0.1) is 30.4 Å². The summed E-state index contributed by atoms with van der Waals surface area (Å²) in [6.07, 6.45) is 9.60. The maximum atomic E-state index is 14.6. The van der Waals surface area contributed by atoms with E-state index in [9.17, 15) is 13.6 Å². The van der Waals surface area contributed by atoms with Crippen LogP contribution in [0.1, 0.15) is 79.0 Å². The zero-order valence-corrected chi connectivity index (χ0v) is 25.6. The highest BCUT2D eigenvalue weighted by Gasteiger charge is 2.30. The van der Waals surface area contributed by atoms with E-state index in [0.717, 1.165) is 42.9 Å².